The molecule has 0 atom stereocenters. The Kier molecular flexibility index (Phi) is 8.68. The third kappa shape index (κ3) is 7.30. The van der Waals surface area contributed by atoms with Gasteiger partial charge in [0, 0.05) is 61.0 Å². The smallest absolute Gasteiger partial charge is 0.293 e. The van der Waals surface area contributed by atoms with Crippen molar-refractivity contribution in [1.29, 1.82) is 0 Å². The summed E-state index contributed by atoms with van der Waals surface area (Å²) in [6.45, 7) is 11.9. The van der Waals surface area contributed by atoms with Crippen molar-refractivity contribution in [3.8, 4) is 0 Å². The van der Waals surface area contributed by atoms with Crippen molar-refractivity contribution in [2.75, 3.05) is 56.5 Å². The van der Waals surface area contributed by atoms with E-state index < -0.39 is 6.43 Å². The summed E-state index contributed by atoms with van der Waals surface area (Å²) < 4.78 is 34.2. The summed E-state index contributed by atoms with van der Waals surface area (Å²) in [4.78, 5) is 27.7. The van der Waals surface area contributed by atoms with Crippen LogP contribution in [0.4, 0.5) is 20.5 Å². The first kappa shape index (κ1) is 29.2. The summed E-state index contributed by atoms with van der Waals surface area (Å²) in [5.74, 6) is 1.14. The Hall–Kier alpha value is -2.31. The highest BCUT2D eigenvalue weighted by Gasteiger charge is 2.47. The number of ether oxygens (including phenoxy) is 1. The molecule has 5 heterocycles. The van der Waals surface area contributed by atoms with Gasteiger partial charge < -0.3 is 19.9 Å². The Morgan fingerprint density at radius 2 is 1.85 bits per heavy atom. The van der Waals surface area contributed by atoms with E-state index >= 15 is 0 Å². The van der Waals surface area contributed by atoms with Crippen LogP contribution in [-0.2, 0) is 9.53 Å². The second kappa shape index (κ2) is 11.9. The van der Waals surface area contributed by atoms with Crippen molar-refractivity contribution in [3.63, 3.8) is 0 Å². The van der Waals surface area contributed by atoms with E-state index in [1.165, 1.54) is 18.9 Å². The van der Waals surface area contributed by atoms with Gasteiger partial charge >= 0.3 is 0 Å². The Morgan fingerprint density at radius 1 is 1.12 bits per heavy atom. The van der Waals surface area contributed by atoms with E-state index in [2.05, 4.69) is 41.2 Å². The van der Waals surface area contributed by atoms with Gasteiger partial charge in [0.25, 0.3) is 12.9 Å². The van der Waals surface area contributed by atoms with E-state index in [4.69, 9.17) is 4.98 Å². The molecule has 3 saturated heterocycles. The molecule has 2 aromatic heterocycles. The predicted molar refractivity (Wildman–Crippen MR) is 155 cm³/mol. The molecule has 4 aliphatic rings. The van der Waals surface area contributed by atoms with Crippen LogP contribution in [-0.4, -0.2) is 93.8 Å². The summed E-state index contributed by atoms with van der Waals surface area (Å²) in [7, 11) is 2.14. The number of nitrogens with one attached hydrogen (secondary N) is 1. The number of likely N-dealkylation sites (tertiary alicyclic amines) is 1. The first-order chi connectivity index (χ1) is 19.0. The molecule has 9 nitrogen and oxygen atoms in total. The van der Waals surface area contributed by atoms with E-state index in [0.29, 0.717) is 35.2 Å². The normalized spacial score (nSPS) is 21.8. The van der Waals surface area contributed by atoms with Crippen molar-refractivity contribution in [3.05, 3.63) is 18.0 Å². The third-order valence-corrected chi connectivity index (χ3v) is 9.22. The minimum Gasteiger partial charge on any atom is -0.462 e. The fraction of sp³-hybridized carbons (Fsp3) is 0.714. The highest BCUT2D eigenvalue weighted by atomic mass is 32.2. The number of halogens is 2. The average molecular weight is 578 g/mol. The van der Waals surface area contributed by atoms with E-state index in [9.17, 15) is 13.6 Å². The van der Waals surface area contributed by atoms with Crippen molar-refractivity contribution < 1.29 is 18.3 Å². The Balaban J connectivity index is 0.000000411. The van der Waals surface area contributed by atoms with Gasteiger partial charge in [-0.2, -0.15) is 0 Å². The molecule has 0 aromatic carbocycles. The molecule has 2 aromatic rings. The van der Waals surface area contributed by atoms with Crippen LogP contribution in [0.3, 0.4) is 0 Å². The van der Waals surface area contributed by atoms with E-state index in [1.54, 1.807) is 6.20 Å². The van der Waals surface area contributed by atoms with Crippen LogP contribution in [0.2, 0.25) is 0 Å². The van der Waals surface area contributed by atoms with Crippen LogP contribution in [0.15, 0.2) is 12.3 Å². The number of rotatable bonds is 7. The van der Waals surface area contributed by atoms with E-state index in [1.807, 2.05) is 32.7 Å². The minimum absolute atomic E-state index is 0.202. The molecule has 6 rings (SSSR count). The van der Waals surface area contributed by atoms with Gasteiger partial charge in [0.05, 0.1) is 0 Å². The quantitative estimate of drug-likeness (QED) is 0.368. The molecule has 40 heavy (non-hydrogen) atoms. The zero-order valence-electron chi connectivity index (χ0n) is 23.9. The predicted octanol–water partition coefficient (Wildman–Crippen LogP) is 4.75. The molecule has 0 radical (unpaired) electrons. The summed E-state index contributed by atoms with van der Waals surface area (Å²) in [5, 5.41) is 4.96. The molecular weight excluding hydrogens is 536 g/mol. The first-order valence-electron chi connectivity index (χ1n) is 14.2. The van der Waals surface area contributed by atoms with Crippen LogP contribution < -0.4 is 10.2 Å². The second-order valence-electron chi connectivity index (χ2n) is 12.6. The van der Waals surface area contributed by atoms with Gasteiger partial charge in [-0.25, -0.2) is 23.7 Å². The van der Waals surface area contributed by atoms with Crippen LogP contribution >= 0.6 is 11.9 Å². The molecule has 0 bridgehead atoms. The average Bonchev–Trinajstić information content (AvgIpc) is 3.61. The third-order valence-electron chi connectivity index (χ3n) is 7.78. The van der Waals surface area contributed by atoms with Crippen LogP contribution in [0.5, 0.6) is 0 Å². The van der Waals surface area contributed by atoms with Gasteiger partial charge in [0.2, 0.25) is 5.95 Å². The van der Waals surface area contributed by atoms with Crippen LogP contribution in [0.25, 0.3) is 10.9 Å². The maximum Gasteiger partial charge on any atom is 0.293 e. The van der Waals surface area contributed by atoms with E-state index in [-0.39, 0.29) is 16.7 Å². The Morgan fingerprint density at radius 3 is 2.40 bits per heavy atom. The SMILES string of the molecule is CC(C)(C)OC=O.CN1CCC2(C1)CN(c1nc(C(F)F)cc3cnc(NC4CCN(SC5CC5)CC4)nc13)C2. The van der Waals surface area contributed by atoms with Crippen LogP contribution in [0, 0.1) is 5.41 Å². The van der Waals surface area contributed by atoms with Crippen molar-refractivity contribution in [2.45, 2.75) is 76.2 Å². The number of piperidine rings is 1. The molecule has 1 aliphatic carbocycles. The fourth-order valence-electron chi connectivity index (χ4n) is 5.59. The molecule has 3 aliphatic heterocycles. The molecule has 220 valence electrons. The fourth-order valence-corrected chi connectivity index (χ4v) is 6.78. The van der Waals surface area contributed by atoms with Crippen molar-refractivity contribution in [2.24, 2.45) is 5.41 Å². The Labute approximate surface area is 239 Å². The number of hydrogen-bond acceptors (Lipinski definition) is 10. The summed E-state index contributed by atoms with van der Waals surface area (Å²) >= 11 is 2.02. The maximum atomic E-state index is 13.6. The largest absolute Gasteiger partial charge is 0.462 e. The summed E-state index contributed by atoms with van der Waals surface area (Å²) in [6, 6.07) is 1.76. The molecular formula is C28H41F2N7O2S. The van der Waals surface area contributed by atoms with Gasteiger partial charge in [-0.15, -0.1) is 0 Å². The van der Waals surface area contributed by atoms with Crippen molar-refractivity contribution >= 4 is 41.1 Å². The highest BCUT2D eigenvalue weighted by molar-refractivity contribution is 7.97. The lowest BCUT2D eigenvalue weighted by atomic mass is 9.79. The second-order valence-corrected chi connectivity index (χ2v) is 14.0. The highest BCUT2D eigenvalue weighted by Crippen LogP contribution is 2.43. The zero-order valence-corrected chi connectivity index (χ0v) is 24.7. The maximum absolute atomic E-state index is 13.6. The lowest BCUT2D eigenvalue weighted by molar-refractivity contribution is -0.138. The first-order valence-corrected chi connectivity index (χ1v) is 15.1. The summed E-state index contributed by atoms with van der Waals surface area (Å²) in [5.41, 5.74) is 0.401. The van der Waals surface area contributed by atoms with Gasteiger partial charge in [-0.3, -0.25) is 9.10 Å². The number of carbonyl (C=O) groups is 1. The number of aromatic nitrogens is 3. The molecule has 0 amide bonds. The molecule has 4 fully saturated rings. The molecule has 1 N–H and O–H groups in total. The van der Waals surface area contributed by atoms with Gasteiger partial charge in [0.15, 0.2) is 5.82 Å². The van der Waals surface area contributed by atoms with E-state index in [0.717, 1.165) is 63.8 Å². The van der Waals surface area contributed by atoms with Gasteiger partial charge in [-0.1, -0.05) is 11.9 Å². The van der Waals surface area contributed by atoms with Gasteiger partial charge in [-0.05, 0) is 72.5 Å². The molecule has 0 unspecified atom stereocenters. The number of carbonyl (C=O) groups excluding carboxylic acids is 1. The number of anilines is 2. The Bertz CT molecular complexity index is 1180. The topological polar surface area (TPSA) is 86.7 Å². The number of pyridine rings is 1. The number of alkyl halides is 2. The standard InChI is InChI=1S/C23H31F2N7S.C5H10O2/c1-30-9-6-23(12-30)13-31(14-23)21-19-15(10-18(28-21)20(24)25)11-26-22(29-19)27-16-4-7-32(8-5-16)33-17-2-3-17;1-5(2,3)7-4-6/h10-11,16-17,20H,2-9,12-14H2,1H3,(H,26,27,29);4H,1-3H3. The lowest BCUT2D eigenvalue weighted by Gasteiger charge is -2.49. The summed E-state index contributed by atoms with van der Waals surface area (Å²) in [6.07, 6.45) is 5.01. The molecule has 1 saturated carbocycles. The molecule has 1 spiro atoms. The minimum atomic E-state index is -2.61. The van der Waals surface area contributed by atoms with Crippen LogP contribution in [0.1, 0.15) is 65.0 Å². The number of hydrogen-bond donors (Lipinski definition) is 1. The lowest BCUT2D eigenvalue weighted by Crippen LogP contribution is -2.58. The number of nitrogens with zero attached hydrogens (tertiary/aromatic N) is 6. The molecule has 12 heteroatoms. The zero-order chi connectivity index (χ0) is 28.5. The van der Waals surface area contributed by atoms with Crippen molar-refractivity contribution in [1.82, 2.24) is 24.2 Å². The monoisotopic (exact) mass is 577 g/mol. The number of fused-ring (bicyclic) bond motifs is 1. The van der Waals surface area contributed by atoms with Gasteiger partial charge in [0.1, 0.15) is 16.8 Å².